The number of benzene rings is 2. The van der Waals surface area contributed by atoms with Gasteiger partial charge in [-0.15, -0.1) is 0 Å². The molecule has 3 aromatic rings. The lowest BCUT2D eigenvalue weighted by atomic mass is 9.79. The van der Waals surface area contributed by atoms with E-state index in [2.05, 4.69) is 10.3 Å². The van der Waals surface area contributed by atoms with Crippen molar-refractivity contribution < 1.29 is 9.90 Å². The van der Waals surface area contributed by atoms with Crippen LogP contribution in [0.3, 0.4) is 0 Å². The van der Waals surface area contributed by atoms with E-state index in [0.717, 1.165) is 79.2 Å². The predicted molar refractivity (Wildman–Crippen MR) is 139 cm³/mol. The number of nitrogens with one attached hydrogen (secondary N) is 1. The summed E-state index contributed by atoms with van der Waals surface area (Å²) < 4.78 is 0. The number of rotatable bonds is 6. The van der Waals surface area contributed by atoms with Crippen LogP contribution in [0.25, 0.3) is 22.0 Å². The summed E-state index contributed by atoms with van der Waals surface area (Å²) in [5, 5.41) is 15.0. The number of Topliss-reactive ketones (excluding diaryl/α,β-unsaturated/α-hetero) is 1. The number of carbonyl (C=O) groups excluding carboxylic acids is 1. The molecule has 0 bridgehead atoms. The minimum Gasteiger partial charge on any atom is -0.505 e. The van der Waals surface area contributed by atoms with E-state index in [4.69, 9.17) is 28.9 Å². The standard InChI is InChI=1S/C27H29Cl2N3O2/c28-22-11-18(12-23(29)27(22)34)17-6-9-24-20(10-17)25(32-19-7-4-15(13-30)5-8-19)21(14-31-24)26(33)16-2-1-3-16/h6,9-12,14-16,19,34H,1-5,7-8,13,30H2,(H,31,32). The second-order valence-electron chi connectivity index (χ2n) is 9.66. The molecule has 34 heavy (non-hydrogen) atoms. The van der Waals surface area contributed by atoms with Crippen LogP contribution < -0.4 is 11.1 Å². The Kier molecular flexibility index (Phi) is 6.70. The number of ketones is 1. The second-order valence-corrected chi connectivity index (χ2v) is 10.5. The number of hydrogen-bond acceptors (Lipinski definition) is 5. The maximum absolute atomic E-state index is 13.4. The fourth-order valence-electron chi connectivity index (χ4n) is 5.08. The normalized spacial score (nSPS) is 20.8. The monoisotopic (exact) mass is 497 g/mol. The van der Waals surface area contributed by atoms with Gasteiger partial charge in [-0.2, -0.15) is 0 Å². The van der Waals surface area contributed by atoms with E-state index in [9.17, 15) is 9.90 Å². The first-order valence-corrected chi connectivity index (χ1v) is 12.8. The average molecular weight is 498 g/mol. The zero-order valence-corrected chi connectivity index (χ0v) is 20.5. The van der Waals surface area contributed by atoms with Crippen LogP contribution in [0.2, 0.25) is 10.0 Å². The molecule has 2 saturated carbocycles. The Morgan fingerprint density at radius 2 is 1.74 bits per heavy atom. The average Bonchev–Trinajstić information content (AvgIpc) is 2.81. The largest absolute Gasteiger partial charge is 0.505 e. The quantitative estimate of drug-likeness (QED) is 0.325. The van der Waals surface area contributed by atoms with Crippen LogP contribution in [-0.2, 0) is 0 Å². The highest BCUT2D eigenvalue weighted by Gasteiger charge is 2.30. The molecular weight excluding hydrogens is 469 g/mol. The van der Waals surface area contributed by atoms with Crippen LogP contribution >= 0.6 is 23.2 Å². The van der Waals surface area contributed by atoms with Crippen LogP contribution in [0.4, 0.5) is 5.69 Å². The molecule has 2 fully saturated rings. The molecule has 4 N–H and O–H groups in total. The summed E-state index contributed by atoms with van der Waals surface area (Å²) in [5.74, 6) is 0.725. The van der Waals surface area contributed by atoms with Crippen molar-refractivity contribution in [3.63, 3.8) is 0 Å². The van der Waals surface area contributed by atoms with Crippen molar-refractivity contribution >= 4 is 45.6 Å². The Balaban J connectivity index is 1.59. The zero-order chi connectivity index (χ0) is 23.8. The molecule has 0 amide bonds. The molecule has 5 nitrogen and oxygen atoms in total. The van der Waals surface area contributed by atoms with E-state index in [-0.39, 0.29) is 27.5 Å². The summed E-state index contributed by atoms with van der Waals surface area (Å²) >= 11 is 12.4. The number of hydrogen-bond donors (Lipinski definition) is 3. The van der Waals surface area contributed by atoms with Crippen molar-refractivity contribution in [1.82, 2.24) is 4.98 Å². The summed E-state index contributed by atoms with van der Waals surface area (Å²) in [5.41, 5.74) is 9.94. The van der Waals surface area contributed by atoms with Gasteiger partial charge in [-0.3, -0.25) is 9.78 Å². The summed E-state index contributed by atoms with van der Waals surface area (Å²) in [4.78, 5) is 18.0. The SMILES string of the molecule is NCC1CCC(Nc2c(C(=O)C3CCC3)cnc3ccc(-c4cc(Cl)c(O)c(Cl)c4)cc23)CC1. The number of fused-ring (bicyclic) bond motifs is 1. The number of nitrogens with zero attached hydrogens (tertiary/aromatic N) is 1. The third-order valence-electron chi connectivity index (χ3n) is 7.49. The number of anilines is 1. The molecule has 1 aromatic heterocycles. The summed E-state index contributed by atoms with van der Waals surface area (Å²) in [6, 6.07) is 9.63. The van der Waals surface area contributed by atoms with E-state index in [1.807, 2.05) is 18.2 Å². The smallest absolute Gasteiger partial charge is 0.169 e. The van der Waals surface area contributed by atoms with Crippen LogP contribution in [-0.4, -0.2) is 28.5 Å². The molecule has 0 spiro atoms. The van der Waals surface area contributed by atoms with E-state index in [0.29, 0.717) is 17.5 Å². The predicted octanol–water partition coefficient (Wildman–Crippen LogP) is 6.83. The highest BCUT2D eigenvalue weighted by molar-refractivity contribution is 6.37. The molecule has 178 valence electrons. The number of aromatic hydroxyl groups is 1. The van der Waals surface area contributed by atoms with Gasteiger partial charge in [-0.1, -0.05) is 35.7 Å². The number of carbonyl (C=O) groups is 1. The zero-order valence-electron chi connectivity index (χ0n) is 19.0. The molecule has 7 heteroatoms. The van der Waals surface area contributed by atoms with Gasteiger partial charge in [0.05, 0.1) is 26.8 Å². The molecule has 2 aliphatic carbocycles. The Morgan fingerprint density at radius 3 is 2.35 bits per heavy atom. The third kappa shape index (κ3) is 4.49. The fraction of sp³-hybridized carbons (Fsp3) is 0.407. The topological polar surface area (TPSA) is 88.2 Å². The number of aromatic nitrogens is 1. The van der Waals surface area contributed by atoms with Gasteiger partial charge in [0.15, 0.2) is 11.5 Å². The minimum atomic E-state index is -0.127. The van der Waals surface area contributed by atoms with Crippen molar-refractivity contribution in [2.75, 3.05) is 11.9 Å². The maximum atomic E-state index is 13.4. The van der Waals surface area contributed by atoms with E-state index >= 15 is 0 Å². The van der Waals surface area contributed by atoms with Gasteiger partial charge in [-0.25, -0.2) is 0 Å². The molecule has 0 unspecified atom stereocenters. The van der Waals surface area contributed by atoms with E-state index in [1.165, 1.54) is 0 Å². The fourth-order valence-corrected chi connectivity index (χ4v) is 5.57. The van der Waals surface area contributed by atoms with Crippen molar-refractivity contribution in [3.8, 4) is 16.9 Å². The lowest BCUT2D eigenvalue weighted by Gasteiger charge is -2.31. The second kappa shape index (κ2) is 9.73. The van der Waals surface area contributed by atoms with Crippen molar-refractivity contribution in [2.24, 2.45) is 17.6 Å². The van der Waals surface area contributed by atoms with Gasteiger partial charge in [0.25, 0.3) is 0 Å². The molecule has 2 aliphatic rings. The number of nitrogens with two attached hydrogens (primary N) is 1. The highest BCUT2D eigenvalue weighted by Crippen LogP contribution is 2.40. The molecule has 0 aliphatic heterocycles. The minimum absolute atomic E-state index is 0.0886. The summed E-state index contributed by atoms with van der Waals surface area (Å²) in [6.45, 7) is 0.734. The molecule has 5 rings (SSSR count). The van der Waals surface area contributed by atoms with E-state index < -0.39 is 0 Å². The first-order valence-electron chi connectivity index (χ1n) is 12.1. The van der Waals surface area contributed by atoms with Gasteiger partial charge in [0.2, 0.25) is 0 Å². The van der Waals surface area contributed by atoms with E-state index in [1.54, 1.807) is 18.3 Å². The molecule has 0 saturated heterocycles. The lowest BCUT2D eigenvalue weighted by Crippen LogP contribution is -2.30. The number of phenolic OH excluding ortho intramolecular Hbond substituents is 1. The van der Waals surface area contributed by atoms with Crippen LogP contribution in [0.1, 0.15) is 55.3 Å². The molecule has 2 aromatic carbocycles. The van der Waals surface area contributed by atoms with Crippen molar-refractivity contribution in [1.29, 1.82) is 0 Å². The number of phenols is 1. The highest BCUT2D eigenvalue weighted by atomic mass is 35.5. The van der Waals surface area contributed by atoms with Gasteiger partial charge in [-0.05, 0) is 86.4 Å². The van der Waals surface area contributed by atoms with Crippen LogP contribution in [0, 0.1) is 11.8 Å². The van der Waals surface area contributed by atoms with Crippen molar-refractivity contribution in [3.05, 3.63) is 52.1 Å². The Hall–Kier alpha value is -2.34. The summed E-state index contributed by atoms with van der Waals surface area (Å²) in [6.07, 6.45) is 9.00. The first kappa shape index (κ1) is 23.4. The molecule has 0 radical (unpaired) electrons. The van der Waals surface area contributed by atoms with Gasteiger partial charge in [0, 0.05) is 23.5 Å². The summed E-state index contributed by atoms with van der Waals surface area (Å²) in [7, 11) is 0. The molecular formula is C27H29Cl2N3O2. The lowest BCUT2D eigenvalue weighted by molar-refractivity contribution is 0.0856. The van der Waals surface area contributed by atoms with Crippen LogP contribution in [0.5, 0.6) is 5.75 Å². The number of pyridine rings is 1. The Morgan fingerprint density at radius 1 is 1.03 bits per heavy atom. The number of halogens is 2. The maximum Gasteiger partial charge on any atom is 0.169 e. The van der Waals surface area contributed by atoms with Gasteiger partial charge in [0.1, 0.15) is 0 Å². The first-order chi connectivity index (χ1) is 16.4. The van der Waals surface area contributed by atoms with Gasteiger partial charge >= 0.3 is 0 Å². The molecule has 1 heterocycles. The van der Waals surface area contributed by atoms with Gasteiger partial charge < -0.3 is 16.2 Å². The van der Waals surface area contributed by atoms with Crippen LogP contribution in [0.15, 0.2) is 36.5 Å². The Labute approximate surface area is 209 Å². The third-order valence-corrected chi connectivity index (χ3v) is 8.06. The Bertz CT molecular complexity index is 1210. The molecule has 0 atom stereocenters. The van der Waals surface area contributed by atoms with Crippen molar-refractivity contribution in [2.45, 2.75) is 51.0 Å².